The van der Waals surface area contributed by atoms with Gasteiger partial charge in [0, 0.05) is 19.6 Å². The second-order valence-electron chi connectivity index (χ2n) is 9.56. The van der Waals surface area contributed by atoms with Gasteiger partial charge in [0.2, 0.25) is 0 Å². The van der Waals surface area contributed by atoms with E-state index in [9.17, 15) is 5.11 Å². The molecule has 1 heterocycles. The highest BCUT2D eigenvalue weighted by Crippen LogP contribution is 2.60. The van der Waals surface area contributed by atoms with Crippen LogP contribution in [0.2, 0.25) is 0 Å². The Kier molecular flexibility index (Phi) is 4.94. The average molecular weight is 338 g/mol. The van der Waals surface area contributed by atoms with Gasteiger partial charge in [-0.15, -0.1) is 0 Å². The topological polar surface area (TPSA) is 41.9 Å². The van der Waals surface area contributed by atoms with Crippen LogP contribution in [0.3, 0.4) is 0 Å². The van der Waals surface area contributed by atoms with E-state index >= 15 is 0 Å². The molecule has 1 N–H and O–H groups in total. The first-order chi connectivity index (χ1) is 11.5. The maximum atomic E-state index is 10.4. The maximum Gasteiger partial charge on any atom is 0.0900 e. The molecule has 0 aromatic rings. The first-order valence-electron chi connectivity index (χ1n) is 10.1. The second kappa shape index (κ2) is 6.86. The van der Waals surface area contributed by atoms with Gasteiger partial charge in [0.05, 0.1) is 31.5 Å². The third-order valence-electron chi connectivity index (χ3n) is 6.85. The smallest absolute Gasteiger partial charge is 0.0900 e. The second-order valence-corrected chi connectivity index (χ2v) is 9.56. The number of aliphatic hydroxyl groups excluding tert-OH is 1. The Labute approximate surface area is 146 Å². The number of hydrogen-bond donors (Lipinski definition) is 1. The fourth-order valence-corrected chi connectivity index (χ4v) is 6.66. The number of rotatable bonds is 6. The maximum absolute atomic E-state index is 10.4. The lowest BCUT2D eigenvalue weighted by Gasteiger charge is -2.56. The first kappa shape index (κ1) is 17.3. The minimum absolute atomic E-state index is 0.258. The Morgan fingerprint density at radius 1 is 1.04 bits per heavy atom. The summed E-state index contributed by atoms with van der Waals surface area (Å²) in [5.41, 5.74) is 0.455. The Balaban J connectivity index is 1.21. The number of nitrogens with zero attached hydrogens (tertiary/aromatic N) is 1. The molecule has 4 aliphatic carbocycles. The normalized spacial score (nSPS) is 46.4. The van der Waals surface area contributed by atoms with E-state index in [-0.39, 0.29) is 18.3 Å². The van der Waals surface area contributed by atoms with Crippen molar-refractivity contribution in [2.75, 3.05) is 32.8 Å². The van der Waals surface area contributed by atoms with Crippen molar-refractivity contribution < 1.29 is 14.6 Å². The molecule has 24 heavy (non-hydrogen) atoms. The van der Waals surface area contributed by atoms with Gasteiger partial charge < -0.3 is 14.6 Å². The lowest BCUT2D eigenvalue weighted by atomic mass is 9.50. The zero-order chi connectivity index (χ0) is 16.7. The molecular formula is C20H35NO3. The molecule has 0 spiro atoms. The number of ether oxygens (including phenoxy) is 2. The van der Waals surface area contributed by atoms with Crippen LogP contribution in [0.5, 0.6) is 0 Å². The van der Waals surface area contributed by atoms with Crippen LogP contribution < -0.4 is 0 Å². The summed E-state index contributed by atoms with van der Waals surface area (Å²) in [5.74, 6) is 2.92. The van der Waals surface area contributed by atoms with E-state index < -0.39 is 0 Å². The van der Waals surface area contributed by atoms with E-state index in [1.54, 1.807) is 0 Å². The van der Waals surface area contributed by atoms with Crippen molar-refractivity contribution in [1.29, 1.82) is 0 Å². The molecule has 0 amide bonds. The number of morpholine rings is 1. The minimum Gasteiger partial charge on any atom is -0.389 e. The van der Waals surface area contributed by atoms with E-state index in [0.29, 0.717) is 18.6 Å². The van der Waals surface area contributed by atoms with Crippen LogP contribution in [0.1, 0.15) is 52.4 Å². The fourth-order valence-electron chi connectivity index (χ4n) is 6.66. The molecule has 4 bridgehead atoms. The molecule has 138 valence electrons. The molecule has 5 fully saturated rings. The minimum atomic E-state index is -0.378. The number of aliphatic hydroxyl groups is 1. The zero-order valence-corrected chi connectivity index (χ0v) is 15.5. The zero-order valence-electron chi connectivity index (χ0n) is 15.5. The highest BCUT2D eigenvalue weighted by Gasteiger charge is 2.50. The molecule has 0 aromatic carbocycles. The van der Waals surface area contributed by atoms with E-state index in [1.165, 1.54) is 38.5 Å². The predicted octanol–water partition coefficient (Wildman–Crippen LogP) is 2.69. The average Bonchev–Trinajstić information content (AvgIpc) is 2.44. The van der Waals surface area contributed by atoms with E-state index in [1.807, 2.05) is 0 Å². The Morgan fingerprint density at radius 2 is 1.58 bits per heavy atom. The van der Waals surface area contributed by atoms with Crippen LogP contribution in [0, 0.1) is 23.2 Å². The van der Waals surface area contributed by atoms with Crippen LogP contribution in [0.25, 0.3) is 0 Å². The first-order valence-corrected chi connectivity index (χ1v) is 10.1. The molecule has 4 nitrogen and oxygen atoms in total. The molecule has 4 saturated carbocycles. The van der Waals surface area contributed by atoms with Gasteiger partial charge in [-0.3, -0.25) is 4.90 Å². The van der Waals surface area contributed by atoms with Gasteiger partial charge in [0.1, 0.15) is 0 Å². The van der Waals surface area contributed by atoms with Gasteiger partial charge >= 0.3 is 0 Å². The highest BCUT2D eigenvalue weighted by molar-refractivity contribution is 5.01. The van der Waals surface area contributed by atoms with Crippen molar-refractivity contribution in [1.82, 2.24) is 4.90 Å². The van der Waals surface area contributed by atoms with Crippen molar-refractivity contribution in [3.63, 3.8) is 0 Å². The van der Waals surface area contributed by atoms with Crippen molar-refractivity contribution >= 4 is 0 Å². The number of hydrogen-bond acceptors (Lipinski definition) is 4. The van der Waals surface area contributed by atoms with Crippen LogP contribution in [0.4, 0.5) is 0 Å². The van der Waals surface area contributed by atoms with Gasteiger partial charge in [-0.1, -0.05) is 0 Å². The van der Waals surface area contributed by atoms with Gasteiger partial charge in [0.15, 0.2) is 0 Å². The quantitative estimate of drug-likeness (QED) is 0.809. The summed E-state index contributed by atoms with van der Waals surface area (Å²) in [4.78, 5) is 2.32. The van der Waals surface area contributed by atoms with Crippen LogP contribution in [0.15, 0.2) is 0 Å². The van der Waals surface area contributed by atoms with Crippen LogP contribution in [-0.4, -0.2) is 61.2 Å². The third kappa shape index (κ3) is 3.82. The van der Waals surface area contributed by atoms with E-state index in [4.69, 9.17) is 9.47 Å². The van der Waals surface area contributed by atoms with Gasteiger partial charge in [-0.25, -0.2) is 0 Å². The molecule has 5 rings (SSSR count). The molecule has 5 aliphatic rings. The summed E-state index contributed by atoms with van der Waals surface area (Å²) in [7, 11) is 0. The van der Waals surface area contributed by atoms with Gasteiger partial charge in [-0.2, -0.15) is 0 Å². The standard InChI is InChI=1S/C20H35NO3/c1-14-9-21(10-15(2)24-14)11-19(22)12-23-13-20-6-16-3-17(7-20)5-18(4-16)8-20/h14-19,22H,3-13H2,1-2H3/t14-,15-,16?,17?,18?,19-,20?/m0/s1. The van der Waals surface area contributed by atoms with Crippen LogP contribution >= 0.6 is 0 Å². The van der Waals surface area contributed by atoms with Gasteiger partial charge in [0.25, 0.3) is 0 Å². The Hall–Kier alpha value is -0.160. The molecule has 3 atom stereocenters. The van der Waals surface area contributed by atoms with Crippen molar-refractivity contribution in [3.8, 4) is 0 Å². The third-order valence-corrected chi connectivity index (χ3v) is 6.85. The lowest BCUT2D eigenvalue weighted by molar-refractivity contribution is -0.112. The largest absolute Gasteiger partial charge is 0.389 e. The Bertz CT molecular complexity index is 395. The van der Waals surface area contributed by atoms with Gasteiger partial charge in [-0.05, 0) is 75.5 Å². The molecule has 4 heteroatoms. The lowest BCUT2D eigenvalue weighted by Crippen LogP contribution is -2.49. The summed E-state index contributed by atoms with van der Waals surface area (Å²) in [5, 5.41) is 10.4. The predicted molar refractivity (Wildman–Crippen MR) is 93.9 cm³/mol. The van der Waals surface area contributed by atoms with E-state index in [2.05, 4.69) is 18.7 Å². The summed E-state index contributed by atoms with van der Waals surface area (Å²) in [6, 6.07) is 0. The van der Waals surface area contributed by atoms with Crippen LogP contribution in [-0.2, 0) is 9.47 Å². The molecule has 1 aliphatic heterocycles. The van der Waals surface area contributed by atoms with Crippen molar-refractivity contribution in [2.45, 2.75) is 70.7 Å². The number of β-amino-alcohol motifs (C(OH)–C–C–N with tert-alkyl or cyclic N) is 1. The molecule has 0 unspecified atom stereocenters. The highest BCUT2D eigenvalue weighted by atomic mass is 16.5. The fraction of sp³-hybridized carbons (Fsp3) is 1.00. The SMILES string of the molecule is C[C@H]1CN(C[C@H](O)COCC23CC4CC(CC(C4)C2)C3)C[C@H](C)O1. The monoisotopic (exact) mass is 337 g/mol. The molecular weight excluding hydrogens is 302 g/mol. The van der Waals surface area contributed by atoms with Crippen molar-refractivity contribution in [3.05, 3.63) is 0 Å². The summed E-state index contributed by atoms with van der Waals surface area (Å²) in [6.45, 7) is 8.12. The molecule has 0 radical (unpaired) electrons. The van der Waals surface area contributed by atoms with E-state index in [0.717, 1.165) is 37.5 Å². The van der Waals surface area contributed by atoms with Crippen molar-refractivity contribution in [2.24, 2.45) is 23.2 Å². The Morgan fingerprint density at radius 3 is 2.12 bits per heavy atom. The summed E-state index contributed by atoms with van der Waals surface area (Å²) < 4.78 is 11.8. The summed E-state index contributed by atoms with van der Waals surface area (Å²) >= 11 is 0. The molecule has 1 saturated heterocycles. The molecule has 0 aromatic heterocycles. The summed E-state index contributed by atoms with van der Waals surface area (Å²) in [6.07, 6.45) is 8.73.